The molecule has 10 nitrogen and oxygen atoms in total. The number of aliphatic carboxylic acids is 1. The van der Waals surface area contributed by atoms with Crippen LogP contribution in [-0.4, -0.2) is 72.0 Å². The molecule has 11 heteroatoms. The van der Waals surface area contributed by atoms with E-state index in [0.717, 1.165) is 6.42 Å². The van der Waals surface area contributed by atoms with Gasteiger partial charge in [-0.3, -0.25) is 19.2 Å². The van der Waals surface area contributed by atoms with Crippen LogP contribution >= 0.6 is 11.8 Å². The van der Waals surface area contributed by atoms with E-state index in [1.807, 2.05) is 20.1 Å². The van der Waals surface area contributed by atoms with Crippen molar-refractivity contribution in [2.75, 3.05) is 25.1 Å². The molecular weight excluding hydrogens is 410 g/mol. The van der Waals surface area contributed by atoms with Crippen molar-refractivity contribution in [2.45, 2.75) is 64.1 Å². The van der Waals surface area contributed by atoms with Crippen molar-refractivity contribution in [3.63, 3.8) is 0 Å². The fourth-order valence-electron chi connectivity index (χ4n) is 2.68. The Hall–Kier alpha value is -1.85. The Balaban J connectivity index is 5.10. The van der Waals surface area contributed by atoms with E-state index < -0.39 is 48.4 Å². The second-order valence-electron chi connectivity index (χ2n) is 7.54. The lowest BCUT2D eigenvalue weighted by molar-refractivity contribution is -0.138. The molecule has 0 aromatic carbocycles. The fourth-order valence-corrected chi connectivity index (χ4v) is 3.16. The van der Waals surface area contributed by atoms with Crippen molar-refractivity contribution in [1.29, 1.82) is 0 Å². The van der Waals surface area contributed by atoms with Gasteiger partial charge in [0.2, 0.25) is 17.7 Å². The lowest BCUT2D eigenvalue weighted by Crippen LogP contribution is -2.56. The number of amides is 3. The minimum absolute atomic E-state index is 0.111. The van der Waals surface area contributed by atoms with E-state index in [4.69, 9.17) is 16.6 Å². The summed E-state index contributed by atoms with van der Waals surface area (Å²) < 4.78 is 0. The number of carbonyl (C=O) groups excluding carboxylic acids is 3. The second-order valence-corrected chi connectivity index (χ2v) is 8.52. The topological polar surface area (TPSA) is 177 Å². The Bertz CT molecular complexity index is 561. The van der Waals surface area contributed by atoms with Crippen LogP contribution in [0.15, 0.2) is 0 Å². The molecule has 0 aromatic heterocycles. The van der Waals surface area contributed by atoms with E-state index in [9.17, 15) is 19.2 Å². The second kappa shape index (κ2) is 15.9. The van der Waals surface area contributed by atoms with E-state index >= 15 is 0 Å². The normalized spacial score (nSPS) is 13.9. The fraction of sp³-hybridized carbons (Fsp3) is 0.789. The smallest absolute Gasteiger partial charge is 0.322 e. The highest BCUT2D eigenvalue weighted by Crippen LogP contribution is 2.08. The predicted molar refractivity (Wildman–Crippen MR) is 118 cm³/mol. The van der Waals surface area contributed by atoms with Crippen LogP contribution in [-0.2, 0) is 19.2 Å². The van der Waals surface area contributed by atoms with Gasteiger partial charge in [-0.05, 0) is 50.2 Å². The average molecular weight is 448 g/mol. The van der Waals surface area contributed by atoms with Gasteiger partial charge in [-0.15, -0.1) is 0 Å². The molecule has 0 aliphatic rings. The lowest BCUT2D eigenvalue weighted by atomic mass is 10.0. The number of unbranched alkanes of at least 4 members (excludes halogenated alkanes) is 1. The van der Waals surface area contributed by atoms with E-state index in [1.165, 1.54) is 11.8 Å². The van der Waals surface area contributed by atoms with Crippen LogP contribution in [0.1, 0.15) is 46.0 Å². The van der Waals surface area contributed by atoms with Crippen LogP contribution in [0, 0.1) is 5.92 Å². The quantitative estimate of drug-likeness (QED) is 0.170. The zero-order valence-electron chi connectivity index (χ0n) is 18.1. The molecule has 0 spiro atoms. The molecule has 8 N–H and O–H groups in total. The highest BCUT2D eigenvalue weighted by atomic mass is 32.2. The summed E-state index contributed by atoms with van der Waals surface area (Å²) in [4.78, 5) is 48.2. The summed E-state index contributed by atoms with van der Waals surface area (Å²) in [6, 6.07) is -2.48. The van der Waals surface area contributed by atoms with Crippen molar-refractivity contribution in [3.8, 4) is 0 Å². The number of rotatable bonds is 16. The highest BCUT2D eigenvalue weighted by Gasteiger charge is 2.28. The van der Waals surface area contributed by atoms with Crippen molar-refractivity contribution in [1.82, 2.24) is 16.0 Å². The Morgan fingerprint density at radius 2 is 1.60 bits per heavy atom. The molecule has 3 unspecified atom stereocenters. The number of nitrogens with one attached hydrogen (secondary N) is 3. The molecule has 174 valence electrons. The van der Waals surface area contributed by atoms with Crippen LogP contribution in [0.3, 0.4) is 0 Å². The van der Waals surface area contributed by atoms with Gasteiger partial charge in [-0.1, -0.05) is 20.3 Å². The van der Waals surface area contributed by atoms with Gasteiger partial charge in [0.15, 0.2) is 0 Å². The third-order valence-electron chi connectivity index (χ3n) is 4.30. The van der Waals surface area contributed by atoms with Crippen LogP contribution < -0.4 is 27.4 Å². The molecule has 0 heterocycles. The minimum atomic E-state index is -1.17. The van der Waals surface area contributed by atoms with Gasteiger partial charge in [-0.25, -0.2) is 0 Å². The number of carboxylic acid groups (broad SMARTS) is 1. The Kier molecular flexibility index (Phi) is 14.9. The molecule has 0 radical (unpaired) electrons. The van der Waals surface area contributed by atoms with Crippen molar-refractivity contribution in [2.24, 2.45) is 17.4 Å². The van der Waals surface area contributed by atoms with Gasteiger partial charge in [0.25, 0.3) is 0 Å². The van der Waals surface area contributed by atoms with Crippen molar-refractivity contribution in [3.05, 3.63) is 0 Å². The van der Waals surface area contributed by atoms with Gasteiger partial charge >= 0.3 is 5.97 Å². The van der Waals surface area contributed by atoms with E-state index in [2.05, 4.69) is 16.0 Å². The maximum Gasteiger partial charge on any atom is 0.322 e. The molecule has 0 fully saturated rings. The first-order valence-corrected chi connectivity index (χ1v) is 11.6. The van der Waals surface area contributed by atoms with Crippen molar-refractivity contribution >= 4 is 35.5 Å². The number of carboxylic acids is 1. The summed E-state index contributed by atoms with van der Waals surface area (Å²) in [5, 5.41) is 16.4. The third-order valence-corrected chi connectivity index (χ3v) is 4.95. The Morgan fingerprint density at radius 1 is 0.967 bits per heavy atom. The molecule has 30 heavy (non-hydrogen) atoms. The zero-order valence-corrected chi connectivity index (χ0v) is 18.9. The molecule has 0 saturated heterocycles. The molecule has 0 saturated carbocycles. The summed E-state index contributed by atoms with van der Waals surface area (Å²) >= 11 is 1.50. The number of carbonyl (C=O) groups is 4. The maximum atomic E-state index is 12.8. The van der Waals surface area contributed by atoms with Gasteiger partial charge in [-0.2, -0.15) is 11.8 Å². The maximum absolute atomic E-state index is 12.8. The summed E-state index contributed by atoms with van der Waals surface area (Å²) in [6.45, 7) is 3.82. The Labute approximate surface area is 182 Å². The Morgan fingerprint density at radius 3 is 2.13 bits per heavy atom. The molecule has 3 amide bonds. The van der Waals surface area contributed by atoms with Crippen LogP contribution in [0.5, 0.6) is 0 Å². The first-order valence-electron chi connectivity index (χ1n) is 10.2. The van der Waals surface area contributed by atoms with Gasteiger partial charge in [0.05, 0.1) is 6.04 Å². The number of hydrogen-bond acceptors (Lipinski definition) is 7. The summed E-state index contributed by atoms with van der Waals surface area (Å²) in [6.07, 6.45) is 4.51. The van der Waals surface area contributed by atoms with Crippen LogP contribution in [0.2, 0.25) is 0 Å². The minimum Gasteiger partial charge on any atom is -0.480 e. The van der Waals surface area contributed by atoms with Gasteiger partial charge in [0.1, 0.15) is 18.6 Å². The SMILES string of the molecule is CSCCC(NC(=O)C(CC(C)C)NC(=O)C(N)CCCCN)C(=O)NCC(=O)O. The average Bonchev–Trinajstić information content (AvgIpc) is 2.68. The zero-order chi connectivity index (χ0) is 23.1. The van der Waals surface area contributed by atoms with Gasteiger partial charge < -0.3 is 32.5 Å². The van der Waals surface area contributed by atoms with E-state index in [-0.39, 0.29) is 5.92 Å². The predicted octanol–water partition coefficient (Wildman–Crippen LogP) is -0.588. The molecule has 0 bridgehead atoms. The number of thioether (sulfide) groups is 1. The van der Waals surface area contributed by atoms with E-state index in [1.54, 1.807) is 0 Å². The molecule has 0 aromatic rings. The van der Waals surface area contributed by atoms with Crippen LogP contribution in [0.4, 0.5) is 0 Å². The summed E-state index contributed by atoms with van der Waals surface area (Å²) in [7, 11) is 0. The molecule has 0 rings (SSSR count). The molecular formula is C19H37N5O5S. The first kappa shape index (κ1) is 28.1. The monoisotopic (exact) mass is 447 g/mol. The van der Waals surface area contributed by atoms with Crippen LogP contribution in [0.25, 0.3) is 0 Å². The van der Waals surface area contributed by atoms with Crippen molar-refractivity contribution < 1.29 is 24.3 Å². The summed E-state index contributed by atoms with van der Waals surface area (Å²) in [5.41, 5.74) is 11.4. The molecule has 0 aliphatic carbocycles. The largest absolute Gasteiger partial charge is 0.480 e. The summed E-state index contributed by atoms with van der Waals surface area (Å²) in [5.74, 6) is -1.97. The number of nitrogens with two attached hydrogens (primary N) is 2. The molecule has 0 aliphatic heterocycles. The first-order chi connectivity index (χ1) is 14.1. The van der Waals surface area contributed by atoms with E-state index in [0.29, 0.717) is 38.0 Å². The standard InChI is InChI=1S/C19H37N5O5S/c1-12(2)10-15(24-17(27)13(21)6-4-5-8-20)19(29)23-14(7-9-30-3)18(28)22-11-16(25)26/h12-15H,4-11,20-21H2,1-3H3,(H,22,28)(H,23,29)(H,24,27)(H,25,26). The molecule has 3 atom stereocenters. The highest BCUT2D eigenvalue weighted by molar-refractivity contribution is 7.98. The van der Waals surface area contributed by atoms with Gasteiger partial charge in [0, 0.05) is 0 Å². The lowest BCUT2D eigenvalue weighted by Gasteiger charge is -2.25. The third kappa shape index (κ3) is 12.7. The number of hydrogen-bond donors (Lipinski definition) is 6.